The van der Waals surface area contributed by atoms with Gasteiger partial charge in [-0.2, -0.15) is 5.26 Å². The van der Waals surface area contributed by atoms with E-state index in [9.17, 15) is 4.79 Å². The lowest BCUT2D eigenvalue weighted by Crippen LogP contribution is -2.40. The zero-order chi connectivity index (χ0) is 18.6. The van der Waals surface area contributed by atoms with Gasteiger partial charge in [0.05, 0.1) is 20.8 Å². The Balaban J connectivity index is 1.33. The molecule has 4 rings (SSSR count). The molecule has 1 saturated heterocycles. The van der Waals surface area contributed by atoms with Crippen LogP contribution in [0.1, 0.15) is 29.3 Å². The smallest absolute Gasteiger partial charge is 0.260 e. The number of fused-ring (bicyclic) bond motifs is 1. The predicted molar refractivity (Wildman–Crippen MR) is 105 cm³/mol. The number of aromatic nitrogens is 1. The summed E-state index contributed by atoms with van der Waals surface area (Å²) in [5.74, 6) is 0.829. The maximum absolute atomic E-state index is 12.5. The van der Waals surface area contributed by atoms with Crippen molar-refractivity contribution < 1.29 is 9.53 Å². The second-order valence-electron chi connectivity index (χ2n) is 6.57. The number of rotatable bonds is 4. The summed E-state index contributed by atoms with van der Waals surface area (Å²) >= 11 is 1.76. The minimum absolute atomic E-state index is 0.0366. The van der Waals surface area contributed by atoms with Gasteiger partial charge in [0.25, 0.3) is 5.91 Å². The van der Waals surface area contributed by atoms with Gasteiger partial charge >= 0.3 is 0 Å². The van der Waals surface area contributed by atoms with Crippen LogP contribution in [0.15, 0.2) is 48.5 Å². The van der Waals surface area contributed by atoms with Crippen LogP contribution in [0, 0.1) is 11.3 Å². The number of ether oxygens (including phenoxy) is 1. The van der Waals surface area contributed by atoms with Crippen LogP contribution in [-0.4, -0.2) is 35.5 Å². The van der Waals surface area contributed by atoms with E-state index < -0.39 is 0 Å². The Bertz CT molecular complexity index is 967. The first-order valence-corrected chi connectivity index (χ1v) is 9.81. The molecule has 136 valence electrons. The lowest BCUT2D eigenvalue weighted by Gasteiger charge is -2.31. The molecular formula is C21H19N3O2S. The van der Waals surface area contributed by atoms with E-state index >= 15 is 0 Å². The Morgan fingerprint density at radius 1 is 1.19 bits per heavy atom. The zero-order valence-electron chi connectivity index (χ0n) is 14.8. The molecule has 0 N–H and O–H groups in total. The topological polar surface area (TPSA) is 66.2 Å². The summed E-state index contributed by atoms with van der Waals surface area (Å²) in [6.45, 7) is 1.38. The van der Waals surface area contributed by atoms with Crippen molar-refractivity contribution in [1.82, 2.24) is 9.88 Å². The number of carbonyl (C=O) groups is 1. The summed E-state index contributed by atoms with van der Waals surface area (Å²) in [5.41, 5.74) is 1.50. The van der Waals surface area contributed by atoms with Crippen LogP contribution >= 0.6 is 11.3 Å². The Morgan fingerprint density at radius 2 is 1.93 bits per heavy atom. The highest BCUT2D eigenvalue weighted by Gasteiger charge is 2.26. The van der Waals surface area contributed by atoms with Crippen molar-refractivity contribution in [3.63, 3.8) is 0 Å². The van der Waals surface area contributed by atoms with E-state index in [1.807, 2.05) is 23.1 Å². The standard InChI is InChI=1S/C21H19N3O2S/c22-13-16-5-1-3-7-18(16)26-14-20(25)24-11-9-15(10-12-24)21-23-17-6-2-4-8-19(17)27-21/h1-8,15H,9-12,14H2. The Kier molecular flexibility index (Phi) is 5.03. The van der Waals surface area contributed by atoms with Gasteiger partial charge in [0.1, 0.15) is 11.8 Å². The average molecular weight is 377 g/mol. The molecule has 2 heterocycles. The van der Waals surface area contributed by atoms with Gasteiger partial charge in [-0.1, -0.05) is 24.3 Å². The summed E-state index contributed by atoms with van der Waals surface area (Å²) in [7, 11) is 0. The van der Waals surface area contributed by atoms with Crippen LogP contribution in [0.4, 0.5) is 0 Å². The van der Waals surface area contributed by atoms with E-state index in [0.717, 1.165) is 18.4 Å². The molecule has 0 atom stereocenters. The lowest BCUT2D eigenvalue weighted by molar-refractivity contribution is -0.134. The molecule has 1 aromatic heterocycles. The third kappa shape index (κ3) is 3.79. The van der Waals surface area contributed by atoms with E-state index in [2.05, 4.69) is 12.1 Å². The van der Waals surface area contributed by atoms with Gasteiger partial charge in [-0.05, 0) is 37.1 Å². The Morgan fingerprint density at radius 3 is 2.70 bits per heavy atom. The zero-order valence-corrected chi connectivity index (χ0v) is 15.6. The molecule has 0 bridgehead atoms. The number of para-hydroxylation sites is 2. The predicted octanol–water partition coefficient (Wildman–Crippen LogP) is 3.95. The van der Waals surface area contributed by atoms with Crippen molar-refractivity contribution in [3.8, 4) is 11.8 Å². The number of nitrogens with zero attached hydrogens (tertiary/aromatic N) is 3. The van der Waals surface area contributed by atoms with Crippen LogP contribution < -0.4 is 4.74 Å². The van der Waals surface area contributed by atoms with Crippen molar-refractivity contribution in [2.45, 2.75) is 18.8 Å². The van der Waals surface area contributed by atoms with Crippen LogP contribution in [0.3, 0.4) is 0 Å². The van der Waals surface area contributed by atoms with Gasteiger partial charge in [0, 0.05) is 19.0 Å². The monoisotopic (exact) mass is 377 g/mol. The first-order valence-electron chi connectivity index (χ1n) is 9.00. The maximum atomic E-state index is 12.5. The molecule has 0 radical (unpaired) electrons. The van der Waals surface area contributed by atoms with Gasteiger partial charge in [0.15, 0.2) is 6.61 Å². The molecule has 0 unspecified atom stereocenters. The number of piperidine rings is 1. The highest BCUT2D eigenvalue weighted by Crippen LogP contribution is 2.33. The largest absolute Gasteiger partial charge is 0.482 e. The average Bonchev–Trinajstić information content (AvgIpc) is 3.16. The van der Waals surface area contributed by atoms with Crippen molar-refractivity contribution in [2.24, 2.45) is 0 Å². The SMILES string of the molecule is N#Cc1ccccc1OCC(=O)N1CCC(c2nc3ccccc3s2)CC1. The number of carbonyl (C=O) groups excluding carboxylic acids is 1. The molecule has 0 aliphatic carbocycles. The van der Waals surface area contributed by atoms with Crippen LogP contribution in [-0.2, 0) is 4.79 Å². The van der Waals surface area contributed by atoms with Gasteiger partial charge in [0.2, 0.25) is 0 Å². The Labute approximate surface area is 161 Å². The number of nitriles is 1. The second kappa shape index (κ2) is 7.77. The molecule has 5 nitrogen and oxygen atoms in total. The van der Waals surface area contributed by atoms with Crippen molar-refractivity contribution in [1.29, 1.82) is 5.26 Å². The first-order chi connectivity index (χ1) is 13.2. The first kappa shape index (κ1) is 17.5. The molecule has 0 spiro atoms. The summed E-state index contributed by atoms with van der Waals surface area (Å²) in [6, 6.07) is 17.2. The molecule has 1 aliphatic rings. The van der Waals surface area contributed by atoms with Gasteiger partial charge in [-0.15, -0.1) is 11.3 Å². The molecule has 6 heteroatoms. The van der Waals surface area contributed by atoms with E-state index in [0.29, 0.717) is 30.3 Å². The summed E-state index contributed by atoms with van der Waals surface area (Å²) in [5, 5.41) is 10.3. The van der Waals surface area contributed by atoms with Crippen LogP contribution in [0.2, 0.25) is 0 Å². The molecule has 27 heavy (non-hydrogen) atoms. The fraction of sp³-hybridized carbons (Fsp3) is 0.286. The number of hydrogen-bond donors (Lipinski definition) is 0. The minimum Gasteiger partial charge on any atom is -0.482 e. The highest BCUT2D eigenvalue weighted by atomic mass is 32.1. The van der Waals surface area contributed by atoms with E-state index in [4.69, 9.17) is 15.0 Å². The summed E-state index contributed by atoms with van der Waals surface area (Å²) in [4.78, 5) is 19.1. The molecule has 3 aromatic rings. The fourth-order valence-corrected chi connectivity index (χ4v) is 4.49. The van der Waals surface area contributed by atoms with E-state index in [1.54, 1.807) is 35.6 Å². The highest BCUT2D eigenvalue weighted by molar-refractivity contribution is 7.18. The number of amides is 1. The Hall–Kier alpha value is -2.91. The quantitative estimate of drug-likeness (QED) is 0.690. The van der Waals surface area contributed by atoms with Crippen LogP contribution in [0.25, 0.3) is 10.2 Å². The molecule has 2 aromatic carbocycles. The van der Waals surface area contributed by atoms with Crippen LogP contribution in [0.5, 0.6) is 5.75 Å². The second-order valence-corrected chi connectivity index (χ2v) is 7.63. The van der Waals surface area contributed by atoms with Gasteiger partial charge < -0.3 is 9.64 Å². The normalized spacial score (nSPS) is 14.9. The van der Waals surface area contributed by atoms with E-state index in [-0.39, 0.29) is 12.5 Å². The minimum atomic E-state index is -0.0372. The number of thiazole rings is 1. The van der Waals surface area contributed by atoms with Crippen molar-refractivity contribution in [2.75, 3.05) is 19.7 Å². The summed E-state index contributed by atoms with van der Waals surface area (Å²) in [6.07, 6.45) is 1.83. The number of benzene rings is 2. The van der Waals surface area contributed by atoms with Crippen molar-refractivity contribution in [3.05, 3.63) is 59.1 Å². The van der Waals surface area contributed by atoms with E-state index in [1.165, 1.54) is 9.71 Å². The molecular weight excluding hydrogens is 358 g/mol. The molecule has 0 saturated carbocycles. The molecule has 1 amide bonds. The van der Waals surface area contributed by atoms with Gasteiger partial charge in [-0.25, -0.2) is 4.98 Å². The number of likely N-dealkylation sites (tertiary alicyclic amines) is 1. The van der Waals surface area contributed by atoms with Gasteiger partial charge in [-0.3, -0.25) is 4.79 Å². The molecule has 1 fully saturated rings. The third-order valence-electron chi connectivity index (χ3n) is 4.87. The summed E-state index contributed by atoms with van der Waals surface area (Å²) < 4.78 is 6.79. The third-order valence-corrected chi connectivity index (χ3v) is 6.06. The number of hydrogen-bond acceptors (Lipinski definition) is 5. The fourth-order valence-electron chi connectivity index (χ4n) is 3.36. The molecule has 1 aliphatic heterocycles. The maximum Gasteiger partial charge on any atom is 0.260 e. The lowest BCUT2D eigenvalue weighted by atomic mass is 9.97. The van der Waals surface area contributed by atoms with Crippen molar-refractivity contribution >= 4 is 27.5 Å².